The fourth-order valence-corrected chi connectivity index (χ4v) is 5.19. The van der Waals surface area contributed by atoms with Crippen LogP contribution >= 0.6 is 11.8 Å². The fraction of sp³-hybridized carbons (Fsp3) is 0.379. The Balaban J connectivity index is 1.42. The van der Waals surface area contributed by atoms with E-state index in [0.29, 0.717) is 10.9 Å². The molecule has 0 radical (unpaired) electrons. The number of urea groups is 1. The van der Waals surface area contributed by atoms with Gasteiger partial charge in [0.25, 0.3) is 0 Å². The van der Waals surface area contributed by atoms with E-state index < -0.39 is 18.3 Å². The zero-order chi connectivity index (χ0) is 28.3. The van der Waals surface area contributed by atoms with Crippen molar-refractivity contribution in [2.45, 2.75) is 50.7 Å². The third kappa shape index (κ3) is 8.25. The molecule has 1 aromatic heterocycles. The SMILES string of the molecule is CCOC(=O)CNC(=O)NCc1ccc(C2OC(CSc3ncccn3)C(C)C(c3ccc(CO)cc3)O2)cc1. The van der Waals surface area contributed by atoms with Crippen LogP contribution in [0.3, 0.4) is 0 Å². The van der Waals surface area contributed by atoms with Crippen molar-refractivity contribution in [1.82, 2.24) is 20.6 Å². The number of rotatable bonds is 11. The second-order valence-corrected chi connectivity index (χ2v) is 10.2. The van der Waals surface area contributed by atoms with Crippen molar-refractivity contribution in [3.05, 3.63) is 89.2 Å². The summed E-state index contributed by atoms with van der Waals surface area (Å²) in [7, 11) is 0. The Hall–Kier alpha value is -3.51. The lowest BCUT2D eigenvalue weighted by molar-refractivity contribution is -0.268. The summed E-state index contributed by atoms with van der Waals surface area (Å²) in [5.41, 5.74) is 3.58. The Morgan fingerprint density at radius 1 is 0.975 bits per heavy atom. The van der Waals surface area contributed by atoms with Gasteiger partial charge < -0.3 is 30.0 Å². The maximum atomic E-state index is 12.0. The van der Waals surface area contributed by atoms with Crippen molar-refractivity contribution in [3.63, 3.8) is 0 Å². The number of thioether (sulfide) groups is 1. The van der Waals surface area contributed by atoms with Crippen molar-refractivity contribution in [2.24, 2.45) is 5.92 Å². The molecule has 11 heteroatoms. The predicted octanol–water partition coefficient (Wildman–Crippen LogP) is 3.91. The van der Waals surface area contributed by atoms with Gasteiger partial charge in [0, 0.05) is 36.2 Å². The van der Waals surface area contributed by atoms with Crippen LogP contribution in [0.4, 0.5) is 4.79 Å². The first-order chi connectivity index (χ1) is 19.5. The second kappa shape index (κ2) is 14.8. The molecular formula is C29H34N4O6S. The number of nitrogens with one attached hydrogen (secondary N) is 2. The van der Waals surface area contributed by atoms with Gasteiger partial charge in [-0.05, 0) is 29.7 Å². The van der Waals surface area contributed by atoms with Gasteiger partial charge in [0.2, 0.25) is 0 Å². The number of hydrogen-bond acceptors (Lipinski definition) is 9. The molecule has 0 bridgehead atoms. The number of benzene rings is 2. The molecule has 40 heavy (non-hydrogen) atoms. The molecule has 1 fully saturated rings. The highest BCUT2D eigenvalue weighted by Gasteiger charge is 2.38. The van der Waals surface area contributed by atoms with Crippen LogP contribution in [0.1, 0.15) is 48.5 Å². The Morgan fingerprint density at radius 3 is 2.33 bits per heavy atom. The Labute approximate surface area is 237 Å². The van der Waals surface area contributed by atoms with Crippen molar-refractivity contribution >= 4 is 23.8 Å². The second-order valence-electron chi connectivity index (χ2n) is 9.25. The monoisotopic (exact) mass is 566 g/mol. The summed E-state index contributed by atoms with van der Waals surface area (Å²) in [6.07, 6.45) is 2.48. The van der Waals surface area contributed by atoms with Gasteiger partial charge in [0.1, 0.15) is 6.54 Å². The number of aliphatic hydroxyl groups is 1. The molecule has 3 N–H and O–H groups in total. The van der Waals surface area contributed by atoms with Gasteiger partial charge in [-0.3, -0.25) is 4.79 Å². The third-order valence-electron chi connectivity index (χ3n) is 6.45. The Bertz CT molecular complexity index is 1230. The van der Waals surface area contributed by atoms with Gasteiger partial charge in [0.05, 0.1) is 25.4 Å². The minimum absolute atomic E-state index is 0.0162. The molecule has 212 valence electrons. The lowest BCUT2D eigenvalue weighted by atomic mass is 9.91. The Kier molecular flexibility index (Phi) is 10.9. The molecular weight excluding hydrogens is 532 g/mol. The summed E-state index contributed by atoms with van der Waals surface area (Å²) in [6, 6.07) is 16.8. The summed E-state index contributed by atoms with van der Waals surface area (Å²) in [4.78, 5) is 32.0. The number of ether oxygens (including phenoxy) is 3. The van der Waals surface area contributed by atoms with Crippen LogP contribution in [-0.4, -0.2) is 52.1 Å². The first-order valence-corrected chi connectivity index (χ1v) is 14.1. The van der Waals surface area contributed by atoms with E-state index in [1.165, 1.54) is 0 Å². The van der Waals surface area contributed by atoms with E-state index in [1.807, 2.05) is 48.5 Å². The van der Waals surface area contributed by atoms with Crippen molar-refractivity contribution in [1.29, 1.82) is 0 Å². The van der Waals surface area contributed by atoms with Crippen LogP contribution in [0.25, 0.3) is 0 Å². The van der Waals surface area contributed by atoms with Crippen LogP contribution in [0.15, 0.2) is 72.1 Å². The molecule has 2 amide bonds. The minimum Gasteiger partial charge on any atom is -0.465 e. The van der Waals surface area contributed by atoms with E-state index >= 15 is 0 Å². The smallest absolute Gasteiger partial charge is 0.325 e. The highest BCUT2D eigenvalue weighted by atomic mass is 32.2. The molecule has 0 saturated carbocycles. The average molecular weight is 567 g/mol. The Morgan fingerprint density at radius 2 is 1.65 bits per heavy atom. The molecule has 1 saturated heterocycles. The fourth-order valence-electron chi connectivity index (χ4n) is 4.23. The number of esters is 1. The van der Waals surface area contributed by atoms with Crippen LogP contribution in [0.5, 0.6) is 0 Å². The summed E-state index contributed by atoms with van der Waals surface area (Å²) in [6.45, 7) is 4.17. The van der Waals surface area contributed by atoms with E-state index in [4.69, 9.17) is 14.2 Å². The van der Waals surface area contributed by atoms with Gasteiger partial charge >= 0.3 is 12.0 Å². The van der Waals surface area contributed by atoms with Gasteiger partial charge in [-0.15, -0.1) is 0 Å². The summed E-state index contributed by atoms with van der Waals surface area (Å²) < 4.78 is 17.7. The van der Waals surface area contributed by atoms with E-state index in [-0.39, 0.29) is 44.4 Å². The molecule has 1 aliphatic heterocycles. The highest BCUT2D eigenvalue weighted by molar-refractivity contribution is 7.99. The molecule has 4 atom stereocenters. The molecule has 4 unspecified atom stereocenters. The van der Waals surface area contributed by atoms with Crippen molar-refractivity contribution < 1.29 is 28.9 Å². The summed E-state index contributed by atoms with van der Waals surface area (Å²) >= 11 is 1.54. The van der Waals surface area contributed by atoms with Crippen LogP contribution in [0.2, 0.25) is 0 Å². The first kappa shape index (κ1) is 29.5. The molecule has 0 aliphatic carbocycles. The molecule has 4 rings (SSSR count). The highest BCUT2D eigenvalue weighted by Crippen LogP contribution is 2.42. The minimum atomic E-state index is -0.601. The lowest BCUT2D eigenvalue weighted by Gasteiger charge is -2.41. The summed E-state index contributed by atoms with van der Waals surface area (Å²) in [5.74, 6) is 0.211. The van der Waals surface area contributed by atoms with Gasteiger partial charge in [0.15, 0.2) is 11.4 Å². The standard InChI is InChI=1S/C29H34N4O6S/c1-3-37-25(35)16-33-28(36)32-15-20-5-11-23(12-6-20)27-38-24(18-40-29-30-13-4-14-31-29)19(2)26(39-27)22-9-7-21(17-34)8-10-22/h4-14,19,24,26-27,34H,3,15-18H2,1-2H3,(H2,32,33,36). The van der Waals surface area contributed by atoms with E-state index in [2.05, 4.69) is 27.5 Å². The molecule has 3 aromatic rings. The molecule has 2 aromatic carbocycles. The number of amides is 2. The maximum absolute atomic E-state index is 12.0. The number of nitrogens with zero attached hydrogens (tertiary/aromatic N) is 2. The van der Waals surface area contributed by atoms with E-state index in [0.717, 1.165) is 22.3 Å². The van der Waals surface area contributed by atoms with E-state index in [1.54, 1.807) is 37.1 Å². The third-order valence-corrected chi connectivity index (χ3v) is 7.41. The topological polar surface area (TPSA) is 132 Å². The largest absolute Gasteiger partial charge is 0.465 e. The predicted molar refractivity (Wildman–Crippen MR) is 149 cm³/mol. The molecule has 0 spiro atoms. The van der Waals surface area contributed by atoms with Gasteiger partial charge in [-0.25, -0.2) is 14.8 Å². The maximum Gasteiger partial charge on any atom is 0.325 e. The zero-order valence-corrected chi connectivity index (χ0v) is 23.3. The number of hydrogen-bond donors (Lipinski definition) is 3. The zero-order valence-electron chi connectivity index (χ0n) is 22.5. The lowest BCUT2D eigenvalue weighted by Crippen LogP contribution is -2.39. The van der Waals surface area contributed by atoms with Gasteiger partial charge in [-0.1, -0.05) is 67.2 Å². The van der Waals surface area contributed by atoms with Gasteiger partial charge in [-0.2, -0.15) is 0 Å². The van der Waals surface area contributed by atoms with Crippen molar-refractivity contribution in [2.75, 3.05) is 18.9 Å². The number of carbonyl (C=O) groups is 2. The molecule has 2 heterocycles. The van der Waals surface area contributed by atoms with Crippen molar-refractivity contribution in [3.8, 4) is 0 Å². The van der Waals surface area contributed by atoms with Crippen LogP contribution < -0.4 is 10.6 Å². The average Bonchev–Trinajstić information content (AvgIpc) is 2.99. The van der Waals surface area contributed by atoms with Crippen LogP contribution in [-0.2, 0) is 32.2 Å². The normalized spacial score (nSPS) is 20.5. The molecule has 10 nitrogen and oxygen atoms in total. The first-order valence-electron chi connectivity index (χ1n) is 13.1. The summed E-state index contributed by atoms with van der Waals surface area (Å²) in [5, 5.41) is 15.3. The number of aliphatic hydroxyl groups excluding tert-OH is 1. The molecule has 1 aliphatic rings. The van der Waals surface area contributed by atoms with E-state index in [9.17, 15) is 14.7 Å². The number of aromatic nitrogens is 2. The quantitative estimate of drug-likeness (QED) is 0.180. The number of carbonyl (C=O) groups excluding carboxylic acids is 2. The van der Waals surface area contributed by atoms with Crippen LogP contribution in [0, 0.1) is 5.92 Å².